The van der Waals surface area contributed by atoms with Gasteiger partial charge in [-0.25, -0.2) is 9.78 Å². The number of imidazole rings is 1. The Kier molecular flexibility index (Phi) is 6.31. The number of aryl methyl sites for hydroxylation is 2. The van der Waals surface area contributed by atoms with Gasteiger partial charge in [-0.3, -0.25) is 4.79 Å². The molecule has 1 unspecified atom stereocenters. The molecule has 2 aromatic heterocycles. The van der Waals surface area contributed by atoms with E-state index < -0.39 is 11.6 Å². The number of nitrogens with one attached hydrogen (secondary N) is 2. The number of hydrogen-bond acceptors (Lipinski definition) is 6. The Morgan fingerprint density at radius 1 is 1.05 bits per heavy atom. The second kappa shape index (κ2) is 9.49. The predicted molar refractivity (Wildman–Crippen MR) is 151 cm³/mol. The van der Waals surface area contributed by atoms with Gasteiger partial charge in [0.15, 0.2) is 5.43 Å². The number of carbonyl (C=O) groups excluding carboxylic acids is 1. The van der Waals surface area contributed by atoms with E-state index in [1.165, 1.54) is 6.07 Å². The molecule has 0 bridgehead atoms. The van der Waals surface area contributed by atoms with Gasteiger partial charge < -0.3 is 19.5 Å². The van der Waals surface area contributed by atoms with Crippen molar-refractivity contribution in [1.29, 1.82) is 0 Å². The van der Waals surface area contributed by atoms with Crippen molar-refractivity contribution in [3.05, 3.63) is 93.4 Å². The number of esters is 1. The number of ether oxygens (including phenoxy) is 1. The minimum absolute atomic E-state index is 0.120. The van der Waals surface area contributed by atoms with Crippen LogP contribution in [0.4, 0.5) is 5.69 Å². The molecule has 0 radical (unpaired) electrons. The summed E-state index contributed by atoms with van der Waals surface area (Å²) >= 11 is 0. The first-order chi connectivity index (χ1) is 18.0. The Morgan fingerprint density at radius 3 is 2.58 bits per heavy atom. The zero-order valence-electron chi connectivity index (χ0n) is 22.4. The van der Waals surface area contributed by atoms with Crippen LogP contribution in [0.25, 0.3) is 33.3 Å². The van der Waals surface area contributed by atoms with Crippen molar-refractivity contribution in [3.8, 4) is 11.3 Å². The molecule has 0 saturated heterocycles. The molecule has 38 heavy (non-hydrogen) atoms. The summed E-state index contributed by atoms with van der Waals surface area (Å²) in [7, 11) is 0. The topological polar surface area (TPSA) is 97.2 Å². The Hall–Kier alpha value is -4.39. The molecule has 0 fully saturated rings. The molecule has 0 aliphatic heterocycles. The van der Waals surface area contributed by atoms with Crippen molar-refractivity contribution in [1.82, 2.24) is 9.97 Å². The van der Waals surface area contributed by atoms with Crippen LogP contribution in [0.1, 0.15) is 61.0 Å². The predicted octanol–water partition coefficient (Wildman–Crippen LogP) is 7.08. The highest BCUT2D eigenvalue weighted by molar-refractivity contribution is 5.96. The maximum absolute atomic E-state index is 13.2. The smallest absolute Gasteiger partial charge is 0.340 e. The van der Waals surface area contributed by atoms with Gasteiger partial charge in [-0.05, 0) is 83.5 Å². The molecular weight excluding hydrogens is 478 g/mol. The van der Waals surface area contributed by atoms with E-state index in [9.17, 15) is 9.59 Å². The average Bonchev–Trinajstić information content (AvgIpc) is 3.22. The van der Waals surface area contributed by atoms with E-state index in [0.717, 1.165) is 33.5 Å². The van der Waals surface area contributed by atoms with Crippen LogP contribution in [0.2, 0.25) is 0 Å². The largest absolute Gasteiger partial charge is 0.456 e. The maximum atomic E-state index is 13.2. The maximum Gasteiger partial charge on any atom is 0.340 e. The Labute approximate surface area is 220 Å². The molecule has 1 atom stereocenters. The third kappa shape index (κ3) is 5.05. The van der Waals surface area contributed by atoms with Crippen LogP contribution in [-0.4, -0.2) is 21.5 Å². The number of rotatable bonds is 5. The second-order valence-electron chi connectivity index (χ2n) is 10.7. The summed E-state index contributed by atoms with van der Waals surface area (Å²) in [5, 5.41) is 3.95. The van der Waals surface area contributed by atoms with Crippen molar-refractivity contribution < 1.29 is 13.9 Å². The van der Waals surface area contributed by atoms with Gasteiger partial charge in [0.1, 0.15) is 22.8 Å². The highest BCUT2D eigenvalue weighted by Gasteiger charge is 2.22. The van der Waals surface area contributed by atoms with Crippen LogP contribution in [0.5, 0.6) is 0 Å². The Morgan fingerprint density at radius 2 is 1.82 bits per heavy atom. The number of hydrogen-bond donors (Lipinski definition) is 2. The molecule has 0 amide bonds. The van der Waals surface area contributed by atoms with Gasteiger partial charge in [-0.15, -0.1) is 0 Å². The fourth-order valence-electron chi connectivity index (χ4n) is 4.62. The number of benzene rings is 3. The lowest BCUT2D eigenvalue weighted by molar-refractivity contribution is 0.00706. The van der Waals surface area contributed by atoms with Crippen molar-refractivity contribution in [2.45, 2.75) is 53.2 Å². The monoisotopic (exact) mass is 509 g/mol. The lowest BCUT2D eigenvalue weighted by atomic mass is 10.00. The van der Waals surface area contributed by atoms with Gasteiger partial charge in [0, 0.05) is 22.9 Å². The van der Waals surface area contributed by atoms with Crippen LogP contribution in [-0.2, 0) is 4.74 Å². The lowest BCUT2D eigenvalue weighted by Crippen LogP contribution is -2.24. The van der Waals surface area contributed by atoms with Crippen molar-refractivity contribution >= 4 is 33.7 Å². The minimum atomic E-state index is -0.611. The number of carbonyl (C=O) groups is 1. The van der Waals surface area contributed by atoms with Gasteiger partial charge in [-0.2, -0.15) is 0 Å². The molecule has 0 aliphatic carbocycles. The molecule has 2 N–H and O–H groups in total. The summed E-state index contributed by atoms with van der Waals surface area (Å²) in [4.78, 5) is 33.8. The first kappa shape index (κ1) is 25.3. The first-order valence-electron chi connectivity index (χ1n) is 12.6. The molecule has 2 heterocycles. The standard InChI is InChI=1S/C31H31N3O4/c1-17-13-22(18(2)32-24-10-8-7-9-21(24)30(36)38-31(4,5)6)29-23(14-17)27(35)16-28(37-29)20-11-12-25-26(15-20)34-19(3)33-25/h7-16,18,32H,1-6H3,(H,33,34). The highest BCUT2D eigenvalue weighted by atomic mass is 16.6. The fraction of sp³-hybridized carbons (Fsp3) is 0.258. The van der Waals surface area contributed by atoms with E-state index in [2.05, 4.69) is 15.3 Å². The third-order valence-electron chi connectivity index (χ3n) is 6.27. The number of para-hydroxylation sites is 1. The summed E-state index contributed by atoms with van der Waals surface area (Å²) in [5.74, 6) is 0.887. The molecule has 194 valence electrons. The van der Waals surface area contributed by atoms with Crippen LogP contribution in [0.15, 0.2) is 69.9 Å². The summed E-state index contributed by atoms with van der Waals surface area (Å²) in [6.45, 7) is 11.4. The number of aromatic amines is 1. The number of fused-ring (bicyclic) bond motifs is 2. The minimum Gasteiger partial charge on any atom is -0.456 e. The van der Waals surface area contributed by atoms with E-state index >= 15 is 0 Å². The summed E-state index contributed by atoms with van der Waals surface area (Å²) in [6, 6.07) is 18.1. The molecule has 5 aromatic rings. The van der Waals surface area contributed by atoms with Gasteiger partial charge in [-0.1, -0.05) is 18.2 Å². The molecule has 3 aromatic carbocycles. The molecule has 7 heteroatoms. The molecule has 5 rings (SSSR count). The molecular formula is C31H31N3O4. The average molecular weight is 510 g/mol. The number of anilines is 1. The molecule has 7 nitrogen and oxygen atoms in total. The summed E-state index contributed by atoms with van der Waals surface area (Å²) in [6.07, 6.45) is 0. The van der Waals surface area contributed by atoms with Crippen LogP contribution >= 0.6 is 0 Å². The number of aromatic nitrogens is 2. The van der Waals surface area contributed by atoms with E-state index in [1.54, 1.807) is 12.1 Å². The van der Waals surface area contributed by atoms with E-state index in [4.69, 9.17) is 9.15 Å². The van der Waals surface area contributed by atoms with E-state index in [-0.39, 0.29) is 11.5 Å². The molecule has 0 aliphatic rings. The quantitative estimate of drug-likeness (QED) is 0.246. The van der Waals surface area contributed by atoms with Crippen LogP contribution < -0.4 is 10.7 Å². The van der Waals surface area contributed by atoms with Gasteiger partial charge >= 0.3 is 5.97 Å². The Balaban J connectivity index is 1.57. The number of H-pyrrole nitrogens is 1. The first-order valence-corrected chi connectivity index (χ1v) is 12.6. The number of nitrogens with zero attached hydrogens (tertiary/aromatic N) is 1. The van der Waals surface area contributed by atoms with Crippen molar-refractivity contribution in [2.24, 2.45) is 0 Å². The summed E-state index contributed by atoms with van der Waals surface area (Å²) < 4.78 is 12.0. The lowest BCUT2D eigenvalue weighted by Gasteiger charge is -2.22. The molecule has 0 spiro atoms. The van der Waals surface area contributed by atoms with Crippen LogP contribution in [0, 0.1) is 13.8 Å². The Bertz CT molecular complexity index is 1740. The third-order valence-corrected chi connectivity index (χ3v) is 6.27. The molecule has 0 saturated carbocycles. The second-order valence-corrected chi connectivity index (χ2v) is 10.7. The van der Waals surface area contributed by atoms with Gasteiger partial charge in [0.05, 0.1) is 28.0 Å². The van der Waals surface area contributed by atoms with E-state index in [0.29, 0.717) is 28.0 Å². The SMILES string of the molecule is Cc1cc(C(C)Nc2ccccc2C(=O)OC(C)(C)C)c2oc(-c3ccc4[nH]c(C)nc4c3)cc(=O)c2c1. The van der Waals surface area contributed by atoms with Crippen LogP contribution in [0.3, 0.4) is 0 Å². The zero-order valence-corrected chi connectivity index (χ0v) is 22.4. The van der Waals surface area contributed by atoms with Crippen molar-refractivity contribution in [2.75, 3.05) is 5.32 Å². The van der Waals surface area contributed by atoms with Crippen molar-refractivity contribution in [3.63, 3.8) is 0 Å². The van der Waals surface area contributed by atoms with E-state index in [1.807, 2.05) is 84.0 Å². The fourth-order valence-corrected chi connectivity index (χ4v) is 4.62. The van der Waals surface area contributed by atoms with Gasteiger partial charge in [0.2, 0.25) is 0 Å². The normalized spacial score (nSPS) is 12.6. The summed E-state index contributed by atoms with van der Waals surface area (Å²) in [5.41, 5.74) is 5.11. The highest BCUT2D eigenvalue weighted by Crippen LogP contribution is 2.32. The zero-order chi connectivity index (χ0) is 27.2. The van der Waals surface area contributed by atoms with Gasteiger partial charge in [0.25, 0.3) is 0 Å².